The van der Waals surface area contributed by atoms with Crippen LogP contribution >= 0.6 is 11.1 Å². The van der Waals surface area contributed by atoms with Gasteiger partial charge in [0.2, 0.25) is 0 Å². The van der Waals surface area contributed by atoms with Crippen molar-refractivity contribution in [3.63, 3.8) is 0 Å². The quantitative estimate of drug-likeness (QED) is 0.309. The normalized spacial score (nSPS) is 36.3. The fourth-order valence-corrected chi connectivity index (χ4v) is 5.65. The Morgan fingerprint density at radius 3 is 2.53 bits per heavy atom. The van der Waals surface area contributed by atoms with Crippen molar-refractivity contribution in [1.29, 1.82) is 0 Å². The number of rotatable bonds is 1. The summed E-state index contributed by atoms with van der Waals surface area (Å²) in [5, 5.41) is 0. The van der Waals surface area contributed by atoms with Crippen molar-refractivity contribution in [3.8, 4) is 0 Å². The summed E-state index contributed by atoms with van der Waals surface area (Å²) in [6.07, 6.45) is 2.73. The maximum absolute atomic E-state index is 11.6. The molecule has 1 heterocycles. The summed E-state index contributed by atoms with van der Waals surface area (Å²) in [6, 6.07) is 0. The second-order valence-corrected chi connectivity index (χ2v) is 11.8. The van der Waals surface area contributed by atoms with Crippen molar-refractivity contribution in [2.24, 2.45) is 11.8 Å². The summed E-state index contributed by atoms with van der Waals surface area (Å²) in [4.78, 5) is 23.0. The van der Waals surface area contributed by atoms with Crippen molar-refractivity contribution in [2.75, 3.05) is 0 Å². The standard InChI is InChI=1S/C10H15ClO3Si/c1-15(2,11)7-5-3-4-6-8(7)10(13)14-9(6)12/h6-8H,3-5H2,1-2H3. The van der Waals surface area contributed by atoms with Gasteiger partial charge < -0.3 is 4.74 Å². The monoisotopic (exact) mass is 246 g/mol. The Morgan fingerprint density at radius 2 is 1.93 bits per heavy atom. The molecule has 3 unspecified atom stereocenters. The predicted molar refractivity (Wildman–Crippen MR) is 59.0 cm³/mol. The minimum Gasteiger partial charge on any atom is -0.393 e. The van der Waals surface area contributed by atoms with Crippen LogP contribution in [0.3, 0.4) is 0 Å². The van der Waals surface area contributed by atoms with E-state index in [0.717, 1.165) is 19.3 Å². The summed E-state index contributed by atoms with van der Waals surface area (Å²) >= 11 is 6.41. The molecule has 1 saturated carbocycles. The zero-order valence-corrected chi connectivity index (χ0v) is 10.7. The smallest absolute Gasteiger partial charge is 0.317 e. The van der Waals surface area contributed by atoms with E-state index in [9.17, 15) is 9.59 Å². The third-order valence-corrected chi connectivity index (χ3v) is 6.81. The van der Waals surface area contributed by atoms with Crippen LogP contribution < -0.4 is 0 Å². The number of fused-ring (bicyclic) bond motifs is 1. The van der Waals surface area contributed by atoms with Crippen LogP contribution in [0.2, 0.25) is 18.6 Å². The highest BCUT2D eigenvalue weighted by Crippen LogP contribution is 2.49. The van der Waals surface area contributed by atoms with Crippen LogP contribution in [-0.2, 0) is 14.3 Å². The maximum atomic E-state index is 11.6. The minimum absolute atomic E-state index is 0.192. The molecule has 0 aromatic carbocycles. The Balaban J connectivity index is 2.28. The Hall–Kier alpha value is -0.353. The first kappa shape index (κ1) is 11.1. The molecule has 0 radical (unpaired) electrons. The van der Waals surface area contributed by atoms with Crippen molar-refractivity contribution < 1.29 is 14.3 Å². The van der Waals surface area contributed by atoms with Crippen LogP contribution in [0.1, 0.15) is 19.3 Å². The first-order valence-electron chi connectivity index (χ1n) is 5.35. The van der Waals surface area contributed by atoms with Crippen LogP contribution in [0.15, 0.2) is 0 Å². The number of carbonyl (C=O) groups is 2. The number of halogens is 1. The van der Waals surface area contributed by atoms with E-state index in [-0.39, 0.29) is 29.3 Å². The van der Waals surface area contributed by atoms with Crippen molar-refractivity contribution in [3.05, 3.63) is 0 Å². The highest BCUT2D eigenvalue weighted by molar-refractivity contribution is 7.19. The van der Waals surface area contributed by atoms with Gasteiger partial charge in [-0.3, -0.25) is 9.59 Å². The van der Waals surface area contributed by atoms with Crippen LogP contribution in [0, 0.1) is 11.8 Å². The lowest BCUT2D eigenvalue weighted by atomic mass is 9.80. The molecule has 15 heavy (non-hydrogen) atoms. The Morgan fingerprint density at radius 1 is 1.27 bits per heavy atom. The molecule has 0 amide bonds. The van der Waals surface area contributed by atoms with Crippen molar-refractivity contribution in [2.45, 2.75) is 37.9 Å². The highest BCUT2D eigenvalue weighted by atomic mass is 35.6. The maximum Gasteiger partial charge on any atom is 0.317 e. The summed E-state index contributed by atoms with van der Waals surface area (Å²) < 4.78 is 4.72. The van der Waals surface area contributed by atoms with Gasteiger partial charge in [-0.05, 0) is 12.0 Å². The molecule has 3 atom stereocenters. The molecule has 3 nitrogen and oxygen atoms in total. The lowest BCUT2D eigenvalue weighted by molar-refractivity contribution is -0.153. The van der Waals surface area contributed by atoms with Gasteiger partial charge >= 0.3 is 11.9 Å². The van der Waals surface area contributed by atoms with Gasteiger partial charge in [0.05, 0.1) is 11.8 Å². The molecule has 2 fully saturated rings. The van der Waals surface area contributed by atoms with E-state index in [2.05, 4.69) is 0 Å². The summed E-state index contributed by atoms with van der Waals surface area (Å²) in [7, 11) is -1.89. The molecule has 2 aliphatic rings. The van der Waals surface area contributed by atoms with Crippen LogP contribution in [-0.4, -0.2) is 19.3 Å². The van der Waals surface area contributed by atoms with E-state index in [1.54, 1.807) is 0 Å². The van der Waals surface area contributed by atoms with E-state index in [1.807, 2.05) is 13.1 Å². The zero-order chi connectivity index (χ0) is 11.2. The van der Waals surface area contributed by atoms with Crippen LogP contribution in [0.4, 0.5) is 0 Å². The van der Waals surface area contributed by atoms with E-state index < -0.39 is 7.38 Å². The average Bonchev–Trinajstić information content (AvgIpc) is 2.41. The Kier molecular flexibility index (Phi) is 2.67. The topological polar surface area (TPSA) is 43.4 Å². The Labute approximate surface area is 94.8 Å². The number of hydrogen-bond acceptors (Lipinski definition) is 3. The summed E-state index contributed by atoms with van der Waals surface area (Å²) in [6.45, 7) is 4.08. The highest BCUT2D eigenvalue weighted by Gasteiger charge is 2.54. The van der Waals surface area contributed by atoms with Gasteiger partial charge in [-0.15, -0.1) is 0 Å². The molecule has 84 valence electrons. The molecule has 0 aromatic heterocycles. The van der Waals surface area contributed by atoms with Crippen molar-refractivity contribution >= 4 is 30.4 Å². The number of esters is 2. The van der Waals surface area contributed by atoms with Gasteiger partial charge in [0.1, 0.15) is 0 Å². The average molecular weight is 247 g/mol. The van der Waals surface area contributed by atoms with E-state index in [4.69, 9.17) is 15.8 Å². The molecular formula is C10H15ClO3Si. The SMILES string of the molecule is C[Si](C)(Cl)C1CCCC2C(=O)OC(=O)C21. The molecule has 1 saturated heterocycles. The fourth-order valence-electron chi connectivity index (χ4n) is 2.80. The summed E-state index contributed by atoms with van der Waals surface area (Å²) in [5.74, 6) is -1.12. The summed E-state index contributed by atoms with van der Waals surface area (Å²) in [5.41, 5.74) is 0.192. The third kappa shape index (κ3) is 1.85. The van der Waals surface area contributed by atoms with Crippen LogP contribution in [0.5, 0.6) is 0 Å². The number of cyclic esters (lactones) is 2. The van der Waals surface area contributed by atoms with Gasteiger partial charge in [0.15, 0.2) is 7.38 Å². The number of ether oxygens (including phenoxy) is 1. The first-order chi connectivity index (χ1) is 6.91. The van der Waals surface area contributed by atoms with Gasteiger partial charge in [-0.2, -0.15) is 11.1 Å². The Bertz CT molecular complexity index is 310. The second kappa shape index (κ2) is 3.59. The van der Waals surface area contributed by atoms with E-state index in [0.29, 0.717) is 0 Å². The lowest BCUT2D eigenvalue weighted by Crippen LogP contribution is -2.39. The number of hydrogen-bond donors (Lipinski definition) is 0. The van der Waals surface area contributed by atoms with Crippen LogP contribution in [0.25, 0.3) is 0 Å². The van der Waals surface area contributed by atoms with Gasteiger partial charge in [-0.25, -0.2) is 0 Å². The molecule has 1 aliphatic carbocycles. The van der Waals surface area contributed by atoms with Crippen molar-refractivity contribution in [1.82, 2.24) is 0 Å². The molecule has 2 rings (SSSR count). The van der Waals surface area contributed by atoms with Gasteiger partial charge in [0, 0.05) is 0 Å². The van der Waals surface area contributed by atoms with E-state index in [1.165, 1.54) is 0 Å². The minimum atomic E-state index is -1.89. The lowest BCUT2D eigenvalue weighted by Gasteiger charge is -2.35. The second-order valence-electron chi connectivity index (χ2n) is 4.97. The molecule has 5 heteroatoms. The number of carbonyl (C=O) groups excluding carboxylic acids is 2. The third-order valence-electron chi connectivity index (χ3n) is 3.56. The van der Waals surface area contributed by atoms with E-state index >= 15 is 0 Å². The predicted octanol–water partition coefficient (Wildman–Crippen LogP) is 2.30. The molecular weight excluding hydrogens is 232 g/mol. The molecule has 0 N–H and O–H groups in total. The zero-order valence-electron chi connectivity index (χ0n) is 8.96. The fraction of sp³-hybridized carbons (Fsp3) is 0.800. The molecule has 0 aromatic rings. The molecule has 1 aliphatic heterocycles. The van der Waals surface area contributed by atoms with Gasteiger partial charge in [0.25, 0.3) is 0 Å². The molecule has 0 bridgehead atoms. The molecule has 0 spiro atoms. The first-order valence-corrected chi connectivity index (χ1v) is 9.44. The largest absolute Gasteiger partial charge is 0.393 e. The van der Waals surface area contributed by atoms with Gasteiger partial charge in [-0.1, -0.05) is 25.9 Å².